The topological polar surface area (TPSA) is 715 Å². The summed E-state index contributed by atoms with van der Waals surface area (Å²) in [5, 5.41) is 64.4. The first kappa shape index (κ1) is 131. The zero-order chi connectivity index (χ0) is 102. The summed E-state index contributed by atoms with van der Waals surface area (Å²) in [6.45, 7) is 37.4. The summed E-state index contributed by atoms with van der Waals surface area (Å²) in [6, 6.07) is 3.68. The van der Waals surface area contributed by atoms with Gasteiger partial charge in [-0.3, -0.25) is 33.6 Å². The largest absolute Gasteiger partial charge is 0.453 e. The van der Waals surface area contributed by atoms with E-state index in [0.29, 0.717) is 38.3 Å². The molecule has 1 aromatic rings. The number of carbonyl (C=O) groups excluding carboxylic acids is 20. The molecule has 0 radical (unpaired) electrons. The van der Waals surface area contributed by atoms with Crippen LogP contribution in [0.25, 0.3) is 0 Å². The molecule has 1 aromatic carbocycles. The van der Waals surface area contributed by atoms with Gasteiger partial charge in [-0.2, -0.15) is 0 Å². The first-order valence-corrected chi connectivity index (χ1v) is 39.2. The fourth-order valence-corrected chi connectivity index (χ4v) is 6.63. The zero-order valence-electron chi connectivity index (χ0n) is 78.9. The summed E-state index contributed by atoms with van der Waals surface area (Å²) in [4.78, 5) is 220. The van der Waals surface area contributed by atoms with E-state index < -0.39 is 120 Å². The Balaban J connectivity index is -0.000000213. The highest BCUT2D eigenvalue weighted by atomic mass is 16.6. The van der Waals surface area contributed by atoms with Gasteiger partial charge in [0.15, 0.2) is 0 Å². The van der Waals surface area contributed by atoms with Crippen molar-refractivity contribution in [1.29, 1.82) is 0 Å². The second-order valence-electron chi connectivity index (χ2n) is 28.8. The van der Waals surface area contributed by atoms with Gasteiger partial charge < -0.3 is 65.0 Å². The van der Waals surface area contributed by atoms with E-state index in [0.717, 1.165) is 18.4 Å². The van der Waals surface area contributed by atoms with Gasteiger partial charge in [0.1, 0.15) is 5.60 Å². The molecule has 1 fully saturated rings. The number of hydrogen-bond donors (Lipinski definition) is 3. The number of nitrogens with two attached hydrogens (primary N) is 2. The number of likely N-dealkylation sites (N-methyl/N-ethyl adjacent to an activating group) is 1. The van der Waals surface area contributed by atoms with Crippen molar-refractivity contribution in [2.45, 2.75) is 206 Å². The Labute approximate surface area is 754 Å². The van der Waals surface area contributed by atoms with Gasteiger partial charge in [0, 0.05) is 116 Å². The van der Waals surface area contributed by atoms with Crippen LogP contribution in [0.2, 0.25) is 0 Å². The maximum Gasteiger partial charge on any atom is 0.453 e. The molecule has 726 valence electrons. The third kappa shape index (κ3) is 102. The lowest BCUT2D eigenvalue weighted by molar-refractivity contribution is -0.120. The van der Waals surface area contributed by atoms with Gasteiger partial charge >= 0.3 is 78.7 Å². The van der Waals surface area contributed by atoms with Crippen molar-refractivity contribution in [1.82, 2.24) is 29.8 Å². The van der Waals surface area contributed by atoms with E-state index in [4.69, 9.17) is 9.47 Å². The van der Waals surface area contributed by atoms with Gasteiger partial charge in [-0.1, -0.05) is 163 Å². The van der Waals surface area contributed by atoms with E-state index in [2.05, 4.69) is 146 Å². The van der Waals surface area contributed by atoms with Crippen molar-refractivity contribution in [3.63, 3.8) is 0 Å². The number of nitrogens with one attached hydrogen (secondary N) is 1. The van der Waals surface area contributed by atoms with E-state index >= 15 is 0 Å². The number of ether oxygens (including phenoxy) is 5. The summed E-state index contributed by atoms with van der Waals surface area (Å²) >= 11 is 0. The SMILES string of the molecule is C=CCCC(=O)N=NC(=O)OCC.C=CCN(CC)C(=O)N=NC(C)=O.CC(=O)N=NC(=O)N(C)C.CC(C)(C)CC(=O)N=NC(=O)OC(C)(C)C.CC(C)CC(=O)N=NC(=O)OC(C)C.CC(C)OC(=O)N=NC(=O)CC1CCCCC1.CCOC(=O)N=NC(=O)Cc1ccccc1.CN(C)C(=O)N=NC(=O)N(C)C.CN(C)C(=O)N=NC(N)=O.CNC(=O)N=NC(N)=O. The second kappa shape index (κ2) is 80.3. The summed E-state index contributed by atoms with van der Waals surface area (Å²) in [7, 11) is 13.5. The van der Waals surface area contributed by atoms with Crippen LogP contribution in [-0.2, 0) is 63.7 Å². The molecule has 53 heteroatoms. The normalized spacial score (nSPS) is 11.5. The molecular weight excluding hydrogens is 1720 g/mol. The highest BCUT2D eigenvalue weighted by Gasteiger charge is 2.20. The van der Waals surface area contributed by atoms with Crippen LogP contribution in [0.15, 0.2) is 158 Å². The van der Waals surface area contributed by atoms with E-state index in [-0.39, 0.29) is 61.9 Å². The average molecular weight is 1850 g/mol. The number of hydrogen-bond acceptors (Lipinski definition) is 25. The standard InChI is InChI=1S/C12H20N2O3.C11H12N2O3.C11H20N2O3.C9H16N2O3.C8H13N3O2.C8H12N2O3.C6H12N4O2.C5H9N3O2.C4H8N4O2.C3H6N4O2/c1-9(2)17-12(16)14-13-11(15)8-10-6-4-3-5-7-10;1-2-16-11(15)13-12-10(14)8-9-6-4-3-5-7-9;1-10(2,3)7-8(14)12-13-9(15)16-11(4,5)6;1-6(2)5-8(12)10-11-9(13)14-7(3)4;1-4-6-11(5-2)8(13)10-9-7(3)12;1-3-5-6-7(11)9-10-8(12)13-4-2;1-9(2)5(11)7-8-6(12)10(3)4;1-4(9)6-7-5(10)8(2)3;1-8(2)4(10)7-6-3(5)9;1-5-3(9)7-6-2(4)8/h9-10H,3-8H2,1-2H3;3-7H,2,8H2,1H3;7H2,1-6H3;6-7H,5H2,1-4H3;4H,1,5-6H2,2-3H3;3H,1,4-6H2,2H3;1-4H3;1-3H3;1-2H3,(H2,5,9);1H3,(H2,4,8)(H,5,9). The van der Waals surface area contributed by atoms with Crippen LogP contribution in [0.5, 0.6) is 0 Å². The summed E-state index contributed by atoms with van der Waals surface area (Å²) in [5.41, 5.74) is 9.13. The number of azo groups is 10. The number of carbonyl (C=O) groups is 20. The Bertz CT molecular complexity index is 3940. The molecule has 0 spiro atoms. The Hall–Kier alpha value is -14.5. The van der Waals surface area contributed by atoms with Crippen molar-refractivity contribution < 1.29 is 120 Å². The molecular formula is C77H128N28O25. The van der Waals surface area contributed by atoms with E-state index in [1.54, 1.807) is 86.6 Å². The molecule has 0 aliphatic heterocycles. The highest BCUT2D eigenvalue weighted by molar-refractivity contribution is 5.84. The Morgan fingerprint density at radius 1 is 0.454 bits per heavy atom. The number of benzene rings is 1. The molecule has 0 saturated heterocycles. The van der Waals surface area contributed by atoms with Crippen LogP contribution in [-0.4, -0.2) is 252 Å². The first-order chi connectivity index (χ1) is 60.2. The average Bonchev–Trinajstić information content (AvgIpc) is 0.923. The Morgan fingerprint density at radius 2 is 0.823 bits per heavy atom. The molecule has 130 heavy (non-hydrogen) atoms. The number of amides is 28. The zero-order valence-corrected chi connectivity index (χ0v) is 78.9. The van der Waals surface area contributed by atoms with Crippen LogP contribution >= 0.6 is 0 Å². The number of urea groups is 8. The van der Waals surface area contributed by atoms with Gasteiger partial charge in [0.25, 0.3) is 41.4 Å². The monoisotopic (exact) mass is 1840 g/mol. The molecule has 28 amide bonds. The smallest absolute Gasteiger partial charge is 0.447 e. The van der Waals surface area contributed by atoms with Gasteiger partial charge in [-0.05, 0) is 111 Å². The maximum absolute atomic E-state index is 11.4. The fraction of sp³-hybridized carbons (Fsp3) is 0.610. The molecule has 5 N–H and O–H groups in total. The molecule has 0 bridgehead atoms. The molecule has 1 saturated carbocycles. The fourth-order valence-electron chi connectivity index (χ4n) is 6.63. The molecule has 53 nitrogen and oxygen atoms in total. The van der Waals surface area contributed by atoms with Crippen molar-refractivity contribution in [3.8, 4) is 0 Å². The molecule has 0 unspecified atom stereocenters. The molecule has 1 aliphatic rings. The van der Waals surface area contributed by atoms with Crippen LogP contribution in [0, 0.1) is 17.3 Å². The lowest BCUT2D eigenvalue weighted by Gasteiger charge is -2.19. The highest BCUT2D eigenvalue weighted by Crippen LogP contribution is 2.27. The molecule has 2 rings (SSSR count). The van der Waals surface area contributed by atoms with Gasteiger partial charge in [0.05, 0.1) is 31.8 Å². The molecule has 0 atom stereocenters. The summed E-state index contributed by atoms with van der Waals surface area (Å²) in [5.74, 6) is -2.40. The number of nitrogens with zero attached hydrogens (tertiary/aromatic N) is 25. The van der Waals surface area contributed by atoms with Crippen molar-refractivity contribution in [2.75, 3.05) is 89.7 Å². The minimum atomic E-state index is -0.987. The Kier molecular flexibility index (Phi) is 81.0. The summed E-state index contributed by atoms with van der Waals surface area (Å²) in [6.07, 6.45) is 6.16. The van der Waals surface area contributed by atoms with E-state index in [1.807, 2.05) is 59.7 Å². The second-order valence-corrected chi connectivity index (χ2v) is 28.8. The van der Waals surface area contributed by atoms with Crippen LogP contribution in [0.1, 0.15) is 187 Å². The predicted molar refractivity (Wildman–Crippen MR) is 466 cm³/mol. The lowest BCUT2D eigenvalue weighted by Crippen LogP contribution is -2.27. The number of primary amides is 2. The van der Waals surface area contributed by atoms with Gasteiger partial charge in [-0.25, -0.2) is 62.3 Å². The Morgan fingerprint density at radius 3 is 1.18 bits per heavy atom. The van der Waals surface area contributed by atoms with E-state index in [9.17, 15) is 95.9 Å². The van der Waals surface area contributed by atoms with Crippen molar-refractivity contribution >= 4 is 120 Å². The first-order valence-electron chi connectivity index (χ1n) is 39.2. The summed E-state index contributed by atoms with van der Waals surface area (Å²) < 4.78 is 23.2. The number of rotatable bonds is 17. The minimum absolute atomic E-state index is 0.129. The molecule has 1 aliphatic carbocycles. The van der Waals surface area contributed by atoms with Crippen molar-refractivity contribution in [2.24, 2.45) is 131 Å². The van der Waals surface area contributed by atoms with E-state index in [1.165, 1.54) is 121 Å². The minimum Gasteiger partial charge on any atom is -0.447 e. The van der Waals surface area contributed by atoms with Crippen molar-refractivity contribution in [3.05, 3.63) is 61.2 Å². The van der Waals surface area contributed by atoms with Crippen LogP contribution < -0.4 is 16.8 Å². The van der Waals surface area contributed by atoms with Crippen LogP contribution in [0.3, 0.4) is 0 Å². The lowest BCUT2D eigenvalue weighted by atomic mass is 9.87. The third-order valence-corrected chi connectivity index (χ3v) is 12.0. The molecule has 0 aromatic heterocycles. The van der Waals surface area contributed by atoms with Crippen LogP contribution in [0.4, 0.5) is 62.3 Å². The van der Waals surface area contributed by atoms with Gasteiger partial charge in [0.2, 0.25) is 0 Å². The predicted octanol–water partition coefficient (Wildman–Crippen LogP) is 17.0. The van der Waals surface area contributed by atoms with Gasteiger partial charge in [-0.15, -0.1) is 49.0 Å². The maximum atomic E-state index is 11.4. The molecule has 0 heterocycles. The quantitative estimate of drug-likeness (QED) is 0.0740. The third-order valence-electron chi connectivity index (χ3n) is 12.0. The number of allylic oxidation sites excluding steroid dienone is 1.